The van der Waals surface area contributed by atoms with Crippen molar-refractivity contribution in [2.75, 3.05) is 0 Å². The van der Waals surface area contributed by atoms with Crippen LogP contribution in [0.2, 0.25) is 0 Å². The third kappa shape index (κ3) is 2.02. The molecule has 1 fully saturated rings. The Morgan fingerprint density at radius 2 is 1.81 bits per heavy atom. The van der Waals surface area contributed by atoms with Crippen LogP contribution in [0, 0.1) is 0 Å². The number of carboxylic acid groups (broad SMARTS) is 1. The van der Waals surface area contributed by atoms with E-state index < -0.39 is 5.97 Å². The number of aromatic nitrogens is 1. The Hall–Kier alpha value is -2.55. The summed E-state index contributed by atoms with van der Waals surface area (Å²) < 4.78 is 2.22. The average molecular weight is 277 g/mol. The molecule has 1 aromatic heterocycles. The Balaban J connectivity index is 2.00. The van der Waals surface area contributed by atoms with Crippen molar-refractivity contribution < 1.29 is 9.90 Å². The minimum atomic E-state index is -0.869. The van der Waals surface area contributed by atoms with Gasteiger partial charge in [0.25, 0.3) is 0 Å². The topological polar surface area (TPSA) is 42.2 Å². The second kappa shape index (κ2) is 4.48. The van der Waals surface area contributed by atoms with Crippen LogP contribution in [-0.2, 0) is 0 Å². The lowest BCUT2D eigenvalue weighted by Gasteiger charge is -2.08. The first-order valence-corrected chi connectivity index (χ1v) is 7.17. The quantitative estimate of drug-likeness (QED) is 0.773. The van der Waals surface area contributed by atoms with Crippen molar-refractivity contribution in [1.29, 1.82) is 0 Å². The van der Waals surface area contributed by atoms with E-state index in [4.69, 9.17) is 0 Å². The number of aromatic carboxylic acids is 1. The Morgan fingerprint density at radius 3 is 2.48 bits per heavy atom. The highest BCUT2D eigenvalue weighted by Gasteiger charge is 2.25. The molecule has 3 nitrogen and oxygen atoms in total. The van der Waals surface area contributed by atoms with Crippen LogP contribution in [0.25, 0.3) is 22.0 Å². The van der Waals surface area contributed by atoms with E-state index in [1.807, 2.05) is 42.6 Å². The van der Waals surface area contributed by atoms with Crippen LogP contribution in [-0.4, -0.2) is 15.6 Å². The van der Waals surface area contributed by atoms with E-state index in [1.165, 1.54) is 12.8 Å². The monoisotopic (exact) mass is 277 g/mol. The minimum absolute atomic E-state index is 0.380. The van der Waals surface area contributed by atoms with Gasteiger partial charge in [-0.1, -0.05) is 30.3 Å². The maximum Gasteiger partial charge on any atom is 0.336 e. The summed E-state index contributed by atoms with van der Waals surface area (Å²) in [6.07, 6.45) is 4.38. The molecule has 0 amide bonds. The molecule has 0 aliphatic heterocycles. The molecule has 0 bridgehead atoms. The molecule has 3 heteroatoms. The SMILES string of the molecule is O=C(O)c1cc(-c2ccccc2)cc2c1ccn2C1CC1. The van der Waals surface area contributed by atoms with Crippen LogP contribution in [0.1, 0.15) is 29.2 Å². The van der Waals surface area contributed by atoms with Gasteiger partial charge in [-0.3, -0.25) is 0 Å². The van der Waals surface area contributed by atoms with Crippen LogP contribution < -0.4 is 0 Å². The Kier molecular flexibility index (Phi) is 2.61. The van der Waals surface area contributed by atoms with Crippen molar-refractivity contribution in [2.24, 2.45) is 0 Å². The summed E-state index contributed by atoms with van der Waals surface area (Å²) in [4.78, 5) is 11.6. The van der Waals surface area contributed by atoms with Gasteiger partial charge in [0.1, 0.15) is 0 Å². The van der Waals surface area contributed by atoms with Crippen LogP contribution in [0.15, 0.2) is 54.7 Å². The number of carboxylic acids is 1. The van der Waals surface area contributed by atoms with Crippen LogP contribution >= 0.6 is 0 Å². The Morgan fingerprint density at radius 1 is 1.05 bits per heavy atom. The molecule has 0 radical (unpaired) electrons. The van der Waals surface area contributed by atoms with Gasteiger partial charge >= 0.3 is 5.97 Å². The van der Waals surface area contributed by atoms with Crippen molar-refractivity contribution in [3.8, 4) is 11.1 Å². The second-order valence-corrected chi connectivity index (χ2v) is 5.58. The molecule has 0 atom stereocenters. The van der Waals surface area contributed by atoms with Gasteiger partial charge in [-0.2, -0.15) is 0 Å². The van der Waals surface area contributed by atoms with Gasteiger partial charge in [0.2, 0.25) is 0 Å². The van der Waals surface area contributed by atoms with Gasteiger partial charge < -0.3 is 9.67 Å². The van der Waals surface area contributed by atoms with Crippen molar-refractivity contribution in [1.82, 2.24) is 4.57 Å². The highest BCUT2D eigenvalue weighted by molar-refractivity contribution is 6.05. The van der Waals surface area contributed by atoms with Crippen LogP contribution in [0.4, 0.5) is 0 Å². The largest absolute Gasteiger partial charge is 0.478 e. The summed E-state index contributed by atoms with van der Waals surface area (Å²) in [6.45, 7) is 0. The third-order valence-electron chi connectivity index (χ3n) is 4.12. The number of nitrogens with zero attached hydrogens (tertiary/aromatic N) is 1. The maximum atomic E-state index is 11.6. The zero-order valence-corrected chi connectivity index (χ0v) is 11.5. The van der Waals surface area contributed by atoms with Crippen molar-refractivity contribution in [3.63, 3.8) is 0 Å². The van der Waals surface area contributed by atoms with E-state index in [0.29, 0.717) is 11.6 Å². The number of rotatable bonds is 3. The Labute approximate surface area is 122 Å². The number of fused-ring (bicyclic) bond motifs is 1. The van der Waals surface area contributed by atoms with E-state index in [-0.39, 0.29) is 0 Å². The lowest BCUT2D eigenvalue weighted by Crippen LogP contribution is -1.99. The molecule has 1 heterocycles. The first-order chi connectivity index (χ1) is 10.2. The second-order valence-electron chi connectivity index (χ2n) is 5.58. The third-order valence-corrected chi connectivity index (χ3v) is 4.12. The summed E-state index contributed by atoms with van der Waals surface area (Å²) in [7, 11) is 0. The van der Waals surface area contributed by atoms with Crippen LogP contribution in [0.3, 0.4) is 0 Å². The fourth-order valence-corrected chi connectivity index (χ4v) is 2.91. The maximum absolute atomic E-state index is 11.6. The Bertz CT molecular complexity index is 829. The average Bonchev–Trinajstić information content (AvgIpc) is 3.26. The molecule has 1 saturated carbocycles. The predicted octanol–water partition coefficient (Wildman–Crippen LogP) is 4.34. The van der Waals surface area contributed by atoms with Crippen LogP contribution in [0.5, 0.6) is 0 Å². The standard InChI is InChI=1S/C18H15NO2/c20-18(21)16-10-13(12-4-2-1-3-5-12)11-17-15(16)8-9-19(17)14-6-7-14/h1-5,8-11,14H,6-7H2,(H,20,21). The number of hydrogen-bond acceptors (Lipinski definition) is 1. The lowest BCUT2D eigenvalue weighted by molar-refractivity contribution is 0.0699. The van der Waals surface area contributed by atoms with E-state index in [0.717, 1.165) is 22.0 Å². The molecule has 0 unspecified atom stereocenters. The summed E-state index contributed by atoms with van der Waals surface area (Å²) in [6, 6.07) is 16.3. The molecular weight excluding hydrogens is 262 g/mol. The first kappa shape index (κ1) is 12.2. The molecule has 104 valence electrons. The summed E-state index contributed by atoms with van der Waals surface area (Å²) in [5.41, 5.74) is 3.41. The number of hydrogen-bond donors (Lipinski definition) is 1. The summed E-state index contributed by atoms with van der Waals surface area (Å²) in [5, 5.41) is 10.3. The van der Waals surface area contributed by atoms with Gasteiger partial charge in [-0.05, 0) is 42.2 Å². The summed E-state index contributed by atoms with van der Waals surface area (Å²) >= 11 is 0. The first-order valence-electron chi connectivity index (χ1n) is 7.17. The molecule has 1 N–H and O–H groups in total. The van der Waals surface area contributed by atoms with Crippen molar-refractivity contribution in [3.05, 3.63) is 60.3 Å². The smallest absolute Gasteiger partial charge is 0.336 e. The number of carbonyl (C=O) groups is 1. The molecule has 21 heavy (non-hydrogen) atoms. The highest BCUT2D eigenvalue weighted by atomic mass is 16.4. The van der Waals surface area contributed by atoms with Crippen molar-refractivity contribution in [2.45, 2.75) is 18.9 Å². The van der Waals surface area contributed by atoms with Crippen molar-refractivity contribution >= 4 is 16.9 Å². The zero-order chi connectivity index (χ0) is 14.4. The molecule has 0 spiro atoms. The van der Waals surface area contributed by atoms with E-state index in [1.54, 1.807) is 6.07 Å². The van der Waals surface area contributed by atoms with E-state index in [9.17, 15) is 9.90 Å². The van der Waals surface area contributed by atoms with Gasteiger partial charge in [0.05, 0.1) is 5.56 Å². The van der Waals surface area contributed by atoms with Gasteiger partial charge in [-0.15, -0.1) is 0 Å². The van der Waals surface area contributed by atoms with E-state index >= 15 is 0 Å². The molecule has 3 aromatic rings. The molecule has 1 aliphatic carbocycles. The number of benzene rings is 2. The lowest BCUT2D eigenvalue weighted by atomic mass is 10.0. The molecule has 1 aliphatic rings. The highest BCUT2D eigenvalue weighted by Crippen LogP contribution is 2.39. The molecule has 0 saturated heterocycles. The van der Waals surface area contributed by atoms with Gasteiger partial charge in [-0.25, -0.2) is 4.79 Å². The molecule has 4 rings (SSSR count). The molecule has 2 aromatic carbocycles. The fraction of sp³-hybridized carbons (Fsp3) is 0.167. The zero-order valence-electron chi connectivity index (χ0n) is 11.5. The van der Waals surface area contributed by atoms with E-state index in [2.05, 4.69) is 10.6 Å². The fourth-order valence-electron chi connectivity index (χ4n) is 2.91. The summed E-state index contributed by atoms with van der Waals surface area (Å²) in [5.74, 6) is -0.869. The minimum Gasteiger partial charge on any atom is -0.478 e. The van der Waals surface area contributed by atoms with Gasteiger partial charge in [0, 0.05) is 23.1 Å². The molecular formula is C18H15NO2. The van der Waals surface area contributed by atoms with Gasteiger partial charge in [0.15, 0.2) is 0 Å². The predicted molar refractivity (Wildman–Crippen MR) is 82.6 cm³/mol. The normalized spacial score (nSPS) is 14.5.